The molecule has 1 aliphatic rings. The molecule has 0 spiro atoms. The van der Waals surface area contributed by atoms with Gasteiger partial charge in [-0.05, 0) is 25.9 Å². The van der Waals surface area contributed by atoms with E-state index >= 15 is 0 Å². The number of anilines is 1. The minimum atomic E-state index is -4.64. The van der Waals surface area contributed by atoms with E-state index in [2.05, 4.69) is 20.3 Å². The summed E-state index contributed by atoms with van der Waals surface area (Å²) in [7, 11) is 0. The molecule has 1 aromatic heterocycles. The topological polar surface area (TPSA) is 76.3 Å². The second-order valence-electron chi connectivity index (χ2n) is 4.45. The van der Waals surface area contributed by atoms with E-state index in [4.69, 9.17) is 10.6 Å². The smallest absolute Gasteiger partial charge is 0.451 e. The van der Waals surface area contributed by atoms with Crippen LogP contribution in [0.3, 0.4) is 0 Å². The molecule has 9 heteroatoms. The first-order chi connectivity index (χ1) is 9.49. The molecule has 1 aromatic rings. The molecule has 1 saturated heterocycles. The van der Waals surface area contributed by atoms with Crippen molar-refractivity contribution >= 4 is 5.82 Å². The average Bonchev–Trinajstić information content (AvgIpc) is 2.90. The quantitative estimate of drug-likeness (QED) is 0.628. The van der Waals surface area contributed by atoms with Crippen LogP contribution in [0.1, 0.15) is 18.7 Å². The van der Waals surface area contributed by atoms with Crippen molar-refractivity contribution < 1.29 is 17.9 Å². The van der Waals surface area contributed by atoms with Crippen LogP contribution in [-0.4, -0.2) is 41.1 Å². The zero-order chi connectivity index (χ0) is 14.6. The van der Waals surface area contributed by atoms with Gasteiger partial charge in [-0.3, -0.25) is 4.90 Å². The van der Waals surface area contributed by atoms with E-state index in [-0.39, 0.29) is 18.3 Å². The van der Waals surface area contributed by atoms with Crippen LogP contribution < -0.4 is 16.0 Å². The van der Waals surface area contributed by atoms with Crippen LogP contribution in [-0.2, 0) is 6.18 Å². The third-order valence-corrected chi connectivity index (χ3v) is 2.96. The summed E-state index contributed by atoms with van der Waals surface area (Å²) in [5.41, 5.74) is 2.07. The highest BCUT2D eigenvalue weighted by atomic mass is 19.4. The lowest BCUT2D eigenvalue weighted by Crippen LogP contribution is -2.25. The predicted molar refractivity (Wildman–Crippen MR) is 66.0 cm³/mol. The average molecular weight is 291 g/mol. The fraction of sp³-hybridized carbons (Fsp3) is 0.636. The molecule has 0 aliphatic carbocycles. The maximum atomic E-state index is 12.6. The van der Waals surface area contributed by atoms with Gasteiger partial charge >= 0.3 is 6.18 Å². The Morgan fingerprint density at radius 2 is 2.00 bits per heavy atom. The van der Waals surface area contributed by atoms with Gasteiger partial charge in [0.2, 0.25) is 11.7 Å². The molecule has 0 aromatic carbocycles. The molecule has 0 saturated carbocycles. The highest BCUT2D eigenvalue weighted by Crippen LogP contribution is 2.28. The molecule has 6 nitrogen and oxygen atoms in total. The molecule has 1 fully saturated rings. The summed E-state index contributed by atoms with van der Waals surface area (Å²) >= 11 is 0. The van der Waals surface area contributed by atoms with E-state index < -0.39 is 12.0 Å². The molecule has 3 N–H and O–H groups in total. The fourth-order valence-electron chi connectivity index (χ4n) is 1.99. The first-order valence-corrected chi connectivity index (χ1v) is 6.27. The van der Waals surface area contributed by atoms with Crippen LogP contribution in [0, 0.1) is 0 Å². The summed E-state index contributed by atoms with van der Waals surface area (Å²) in [6.45, 7) is 2.93. The molecule has 20 heavy (non-hydrogen) atoms. The van der Waals surface area contributed by atoms with Crippen molar-refractivity contribution in [1.29, 1.82) is 0 Å². The van der Waals surface area contributed by atoms with Crippen LogP contribution in [0.25, 0.3) is 0 Å². The van der Waals surface area contributed by atoms with Crippen LogP contribution in [0.4, 0.5) is 19.0 Å². The third kappa shape index (κ3) is 3.94. The number of likely N-dealkylation sites (tertiary alicyclic amines) is 1. The Labute approximate surface area is 114 Å². The summed E-state index contributed by atoms with van der Waals surface area (Å²) in [4.78, 5) is 8.78. The minimum absolute atomic E-state index is 0.136. The first-order valence-electron chi connectivity index (χ1n) is 6.27. The lowest BCUT2D eigenvalue weighted by atomic mass is 10.4. The summed E-state index contributed by atoms with van der Waals surface area (Å²) in [6, 6.07) is 1.24. The molecule has 0 amide bonds. The van der Waals surface area contributed by atoms with Crippen molar-refractivity contribution in [3.05, 3.63) is 11.9 Å². The fourth-order valence-corrected chi connectivity index (χ4v) is 1.99. The van der Waals surface area contributed by atoms with Gasteiger partial charge in [-0.15, -0.1) is 0 Å². The van der Waals surface area contributed by atoms with Crippen molar-refractivity contribution in [2.45, 2.75) is 19.0 Å². The standard InChI is InChI=1S/C11H16F3N5O/c12-11(13,14)10-16-8(18-15)7-9(17-10)20-6-5-19-3-1-2-4-19/h7H,1-6,15H2,(H,16,17,18). The molecule has 0 radical (unpaired) electrons. The van der Waals surface area contributed by atoms with Crippen molar-refractivity contribution in [3.8, 4) is 5.88 Å². The SMILES string of the molecule is NNc1cc(OCCN2CCCC2)nc(C(F)(F)F)n1. The number of nitrogens with one attached hydrogen (secondary N) is 1. The molecule has 2 heterocycles. The molecular weight excluding hydrogens is 275 g/mol. The maximum Gasteiger partial charge on any atom is 0.451 e. The number of hydrogen-bond donors (Lipinski definition) is 2. The summed E-state index contributed by atoms with van der Waals surface area (Å²) < 4.78 is 43.0. The number of hydrogen-bond acceptors (Lipinski definition) is 6. The van der Waals surface area contributed by atoms with Gasteiger partial charge in [0.15, 0.2) is 0 Å². The highest BCUT2D eigenvalue weighted by molar-refractivity contribution is 5.37. The molecule has 0 atom stereocenters. The van der Waals surface area contributed by atoms with Crippen LogP contribution in [0.2, 0.25) is 0 Å². The number of alkyl halides is 3. The zero-order valence-electron chi connectivity index (χ0n) is 10.8. The monoisotopic (exact) mass is 291 g/mol. The van der Waals surface area contributed by atoms with Gasteiger partial charge in [0.05, 0.1) is 0 Å². The number of ether oxygens (including phenoxy) is 1. The lowest BCUT2D eigenvalue weighted by molar-refractivity contribution is -0.145. The number of nitrogen functional groups attached to an aromatic ring is 1. The molecule has 112 valence electrons. The summed E-state index contributed by atoms with van der Waals surface area (Å²) in [5, 5.41) is 0. The third-order valence-electron chi connectivity index (χ3n) is 2.96. The number of nitrogens with zero attached hydrogens (tertiary/aromatic N) is 3. The highest BCUT2D eigenvalue weighted by Gasteiger charge is 2.35. The second-order valence-corrected chi connectivity index (χ2v) is 4.45. The van der Waals surface area contributed by atoms with Crippen LogP contribution >= 0.6 is 0 Å². The van der Waals surface area contributed by atoms with E-state index in [0.717, 1.165) is 25.9 Å². The van der Waals surface area contributed by atoms with Gasteiger partial charge in [0.25, 0.3) is 0 Å². The first kappa shape index (κ1) is 14.8. The molecule has 0 unspecified atom stereocenters. The number of halogens is 3. The Hall–Kier alpha value is -1.61. The van der Waals surface area contributed by atoms with Crippen molar-refractivity contribution in [1.82, 2.24) is 14.9 Å². The van der Waals surface area contributed by atoms with Crippen molar-refractivity contribution in [2.75, 3.05) is 31.7 Å². The van der Waals surface area contributed by atoms with Crippen LogP contribution in [0.15, 0.2) is 6.07 Å². The van der Waals surface area contributed by atoms with Gasteiger partial charge in [-0.2, -0.15) is 18.2 Å². The van der Waals surface area contributed by atoms with Gasteiger partial charge in [-0.1, -0.05) is 0 Å². The largest absolute Gasteiger partial charge is 0.476 e. The van der Waals surface area contributed by atoms with Gasteiger partial charge < -0.3 is 10.2 Å². The number of rotatable bonds is 5. The predicted octanol–water partition coefficient (Wildman–Crippen LogP) is 1.26. The van der Waals surface area contributed by atoms with E-state index in [9.17, 15) is 13.2 Å². The molecule has 2 rings (SSSR count). The second kappa shape index (κ2) is 6.23. The molecule has 0 bridgehead atoms. The van der Waals surface area contributed by atoms with E-state index in [1.54, 1.807) is 0 Å². The Balaban J connectivity index is 1.98. The van der Waals surface area contributed by atoms with Crippen LogP contribution in [0.5, 0.6) is 5.88 Å². The number of nitrogens with two attached hydrogens (primary N) is 1. The lowest BCUT2D eigenvalue weighted by Gasteiger charge is -2.15. The Kier molecular flexibility index (Phi) is 4.61. The maximum absolute atomic E-state index is 12.6. The van der Waals surface area contributed by atoms with E-state index in [1.165, 1.54) is 6.07 Å². The van der Waals surface area contributed by atoms with Crippen molar-refractivity contribution in [2.24, 2.45) is 5.84 Å². The zero-order valence-corrected chi connectivity index (χ0v) is 10.8. The van der Waals surface area contributed by atoms with Gasteiger partial charge in [0, 0.05) is 12.6 Å². The minimum Gasteiger partial charge on any atom is -0.476 e. The Bertz CT molecular complexity index is 448. The Morgan fingerprint density at radius 3 is 2.60 bits per heavy atom. The van der Waals surface area contributed by atoms with E-state index in [1.807, 2.05) is 0 Å². The number of aromatic nitrogens is 2. The number of hydrazine groups is 1. The van der Waals surface area contributed by atoms with E-state index in [0.29, 0.717) is 6.54 Å². The summed E-state index contributed by atoms with van der Waals surface area (Å²) in [5.74, 6) is 3.54. The van der Waals surface area contributed by atoms with Crippen molar-refractivity contribution in [3.63, 3.8) is 0 Å². The Morgan fingerprint density at radius 1 is 1.30 bits per heavy atom. The van der Waals surface area contributed by atoms with Gasteiger partial charge in [-0.25, -0.2) is 10.8 Å². The molecular formula is C11H16F3N5O. The normalized spacial score (nSPS) is 16.4. The van der Waals surface area contributed by atoms with Gasteiger partial charge in [0.1, 0.15) is 12.4 Å². The summed E-state index contributed by atoms with van der Waals surface area (Å²) in [6.07, 6.45) is -2.35. The molecule has 1 aliphatic heterocycles.